The fourth-order valence-electron chi connectivity index (χ4n) is 1.40. The lowest BCUT2D eigenvalue weighted by molar-refractivity contribution is -0.143. The van der Waals surface area contributed by atoms with Gasteiger partial charge in [0.25, 0.3) is 0 Å². The van der Waals surface area contributed by atoms with Gasteiger partial charge in [-0.1, -0.05) is 13.8 Å². The predicted octanol–water partition coefficient (Wildman–Crippen LogP) is 2.59. The average Bonchev–Trinajstić information content (AvgIpc) is 2.44. The van der Waals surface area contributed by atoms with Gasteiger partial charge in [-0.3, -0.25) is 4.68 Å². The highest BCUT2D eigenvalue weighted by molar-refractivity contribution is 5.16. The number of alkyl halides is 3. The summed E-state index contributed by atoms with van der Waals surface area (Å²) in [7, 11) is 0. The van der Waals surface area contributed by atoms with Crippen molar-refractivity contribution in [3.05, 3.63) is 17.5 Å². The van der Waals surface area contributed by atoms with Crippen LogP contribution in [0.5, 0.6) is 0 Å². The van der Waals surface area contributed by atoms with E-state index in [1.165, 1.54) is 0 Å². The molecule has 1 atom stereocenters. The van der Waals surface area contributed by atoms with Crippen LogP contribution in [-0.4, -0.2) is 16.0 Å². The summed E-state index contributed by atoms with van der Waals surface area (Å²) in [6.45, 7) is 4.32. The molecular formula is C10H16F3N3. The lowest BCUT2D eigenvalue weighted by Crippen LogP contribution is -2.22. The number of hydrogen-bond donors (Lipinski definition) is 1. The molecule has 0 aliphatic heterocycles. The van der Waals surface area contributed by atoms with Crippen LogP contribution in [0.4, 0.5) is 13.2 Å². The molecule has 0 aliphatic carbocycles. The smallest absolute Gasteiger partial charge is 0.323 e. The first-order valence-electron chi connectivity index (χ1n) is 5.10. The van der Waals surface area contributed by atoms with Gasteiger partial charge in [-0.25, -0.2) is 0 Å². The summed E-state index contributed by atoms with van der Waals surface area (Å²) >= 11 is 0. The first-order chi connectivity index (χ1) is 7.20. The normalized spacial score (nSPS) is 14.5. The minimum absolute atomic E-state index is 0.0898. The van der Waals surface area contributed by atoms with Gasteiger partial charge in [0.05, 0.1) is 11.4 Å². The Hall–Kier alpha value is -1.04. The van der Waals surface area contributed by atoms with Crippen LogP contribution in [0.2, 0.25) is 0 Å². The van der Waals surface area contributed by atoms with E-state index in [1.807, 2.05) is 13.8 Å². The zero-order chi connectivity index (χ0) is 12.5. The second-order valence-corrected chi connectivity index (χ2v) is 4.21. The minimum atomic E-state index is -4.27. The first kappa shape index (κ1) is 13.0. The van der Waals surface area contributed by atoms with Gasteiger partial charge >= 0.3 is 6.18 Å². The zero-order valence-electron chi connectivity index (χ0n) is 9.54. The Morgan fingerprint density at radius 2 is 1.94 bits per heavy atom. The van der Waals surface area contributed by atoms with Crippen molar-refractivity contribution in [2.75, 3.05) is 0 Å². The molecule has 1 aromatic rings. The molecule has 3 nitrogen and oxygen atoms in total. The lowest BCUT2D eigenvalue weighted by atomic mass is 10.1. The summed E-state index contributed by atoms with van der Waals surface area (Å²) in [5.74, 6) is 0.0898. The molecule has 0 fully saturated rings. The molecule has 92 valence electrons. The molecular weight excluding hydrogens is 219 g/mol. The van der Waals surface area contributed by atoms with E-state index in [4.69, 9.17) is 5.73 Å². The van der Waals surface area contributed by atoms with Gasteiger partial charge in [0.2, 0.25) is 0 Å². The number of halogens is 3. The number of rotatable bonds is 3. The SMILES string of the molecule is CC(C)c1cc(C(C)N)n(CC(F)(F)F)n1. The van der Waals surface area contributed by atoms with E-state index in [1.54, 1.807) is 13.0 Å². The van der Waals surface area contributed by atoms with Crippen LogP contribution in [-0.2, 0) is 6.54 Å². The van der Waals surface area contributed by atoms with Crippen LogP contribution in [0.25, 0.3) is 0 Å². The zero-order valence-corrected chi connectivity index (χ0v) is 9.54. The number of nitrogens with zero attached hydrogens (tertiary/aromatic N) is 2. The third-order valence-corrected chi connectivity index (χ3v) is 2.22. The molecule has 6 heteroatoms. The van der Waals surface area contributed by atoms with Crippen molar-refractivity contribution in [1.29, 1.82) is 0 Å². The molecule has 0 amide bonds. The summed E-state index contributed by atoms with van der Waals surface area (Å²) in [5, 5.41) is 3.93. The van der Waals surface area contributed by atoms with Gasteiger partial charge in [0.15, 0.2) is 0 Å². The van der Waals surface area contributed by atoms with Crippen molar-refractivity contribution in [3.8, 4) is 0 Å². The molecule has 0 radical (unpaired) electrons. The molecule has 0 saturated carbocycles. The Balaban J connectivity index is 3.06. The third kappa shape index (κ3) is 3.23. The summed E-state index contributed by atoms with van der Waals surface area (Å²) < 4.78 is 37.8. The topological polar surface area (TPSA) is 43.8 Å². The summed E-state index contributed by atoms with van der Waals surface area (Å²) in [6.07, 6.45) is -4.27. The van der Waals surface area contributed by atoms with E-state index in [2.05, 4.69) is 5.10 Å². The minimum Gasteiger partial charge on any atom is -0.323 e. The van der Waals surface area contributed by atoms with E-state index >= 15 is 0 Å². The van der Waals surface area contributed by atoms with Crippen LogP contribution in [0.3, 0.4) is 0 Å². The predicted molar refractivity (Wildman–Crippen MR) is 55.0 cm³/mol. The molecule has 1 heterocycles. The Kier molecular flexibility index (Phi) is 3.62. The lowest BCUT2D eigenvalue weighted by Gasteiger charge is -2.11. The van der Waals surface area contributed by atoms with E-state index < -0.39 is 18.8 Å². The highest BCUT2D eigenvalue weighted by Crippen LogP contribution is 2.23. The van der Waals surface area contributed by atoms with Crippen LogP contribution >= 0.6 is 0 Å². The van der Waals surface area contributed by atoms with Crippen molar-refractivity contribution in [1.82, 2.24) is 9.78 Å². The molecule has 0 aliphatic rings. The molecule has 1 unspecified atom stereocenters. The quantitative estimate of drug-likeness (QED) is 0.875. The Bertz CT molecular complexity index is 353. The number of aromatic nitrogens is 2. The van der Waals surface area contributed by atoms with Gasteiger partial charge in [-0.2, -0.15) is 18.3 Å². The number of nitrogens with two attached hydrogens (primary N) is 1. The standard InChI is InChI=1S/C10H16F3N3/c1-6(2)8-4-9(7(3)14)16(15-8)5-10(11,12)13/h4,6-7H,5,14H2,1-3H3. The van der Waals surface area contributed by atoms with Crippen molar-refractivity contribution in [2.24, 2.45) is 5.73 Å². The summed E-state index contributed by atoms with van der Waals surface area (Å²) in [5.41, 5.74) is 6.67. The van der Waals surface area contributed by atoms with Gasteiger partial charge < -0.3 is 5.73 Å². The van der Waals surface area contributed by atoms with Crippen LogP contribution in [0, 0.1) is 0 Å². The van der Waals surface area contributed by atoms with E-state index in [9.17, 15) is 13.2 Å². The van der Waals surface area contributed by atoms with E-state index in [0.717, 1.165) is 4.68 Å². The monoisotopic (exact) mass is 235 g/mol. The fourth-order valence-corrected chi connectivity index (χ4v) is 1.40. The van der Waals surface area contributed by atoms with Gasteiger partial charge in [-0.05, 0) is 18.9 Å². The third-order valence-electron chi connectivity index (χ3n) is 2.22. The maximum Gasteiger partial charge on any atom is 0.408 e. The van der Waals surface area contributed by atoms with Gasteiger partial charge in [0, 0.05) is 6.04 Å². The molecule has 2 N–H and O–H groups in total. The Morgan fingerprint density at radius 1 is 1.38 bits per heavy atom. The maximum atomic E-state index is 12.3. The van der Waals surface area contributed by atoms with Crippen LogP contribution in [0.15, 0.2) is 6.07 Å². The Morgan fingerprint density at radius 3 is 2.31 bits per heavy atom. The largest absolute Gasteiger partial charge is 0.408 e. The van der Waals surface area contributed by atoms with Crippen molar-refractivity contribution in [3.63, 3.8) is 0 Å². The first-order valence-corrected chi connectivity index (χ1v) is 5.10. The second-order valence-electron chi connectivity index (χ2n) is 4.21. The molecule has 1 rings (SSSR count). The summed E-state index contributed by atoms with van der Waals surface area (Å²) in [4.78, 5) is 0. The average molecular weight is 235 g/mol. The highest BCUT2D eigenvalue weighted by atomic mass is 19.4. The Labute approximate surface area is 92.4 Å². The fraction of sp³-hybridized carbons (Fsp3) is 0.700. The molecule has 0 saturated heterocycles. The van der Waals surface area contributed by atoms with Crippen LogP contribution in [0.1, 0.15) is 44.1 Å². The summed E-state index contributed by atoms with van der Waals surface area (Å²) in [6, 6.07) is 1.18. The highest BCUT2D eigenvalue weighted by Gasteiger charge is 2.30. The second kappa shape index (κ2) is 4.45. The van der Waals surface area contributed by atoms with Crippen LogP contribution < -0.4 is 5.73 Å². The van der Waals surface area contributed by atoms with Crippen molar-refractivity contribution < 1.29 is 13.2 Å². The molecule has 16 heavy (non-hydrogen) atoms. The van der Waals surface area contributed by atoms with Crippen molar-refractivity contribution >= 4 is 0 Å². The van der Waals surface area contributed by atoms with E-state index in [-0.39, 0.29) is 5.92 Å². The molecule has 1 aromatic heterocycles. The maximum absolute atomic E-state index is 12.3. The number of hydrogen-bond acceptors (Lipinski definition) is 2. The van der Waals surface area contributed by atoms with Crippen molar-refractivity contribution in [2.45, 2.75) is 45.5 Å². The molecule has 0 aromatic carbocycles. The molecule has 0 spiro atoms. The van der Waals surface area contributed by atoms with Gasteiger partial charge in [0.1, 0.15) is 6.54 Å². The van der Waals surface area contributed by atoms with E-state index in [0.29, 0.717) is 11.4 Å². The van der Waals surface area contributed by atoms with Gasteiger partial charge in [-0.15, -0.1) is 0 Å². The molecule has 0 bridgehead atoms.